The van der Waals surface area contributed by atoms with Crippen LogP contribution >= 0.6 is 15.9 Å². The van der Waals surface area contributed by atoms with Crippen molar-refractivity contribution in [3.8, 4) is 0 Å². The normalized spacial score (nSPS) is 20.3. The van der Waals surface area contributed by atoms with E-state index >= 15 is 0 Å². The summed E-state index contributed by atoms with van der Waals surface area (Å²) in [4.78, 5) is 28.1. The number of hydrogen-bond donors (Lipinski definition) is 5. The van der Waals surface area contributed by atoms with Gasteiger partial charge in [0.2, 0.25) is 5.91 Å². The summed E-state index contributed by atoms with van der Waals surface area (Å²) in [5, 5.41) is 18.4. The van der Waals surface area contributed by atoms with Crippen molar-refractivity contribution < 1.29 is 22.8 Å². The summed E-state index contributed by atoms with van der Waals surface area (Å²) >= 11 is 3.47. The van der Waals surface area contributed by atoms with Gasteiger partial charge in [0, 0.05) is 35.0 Å². The molecule has 2 fully saturated rings. The Morgan fingerprint density at radius 2 is 1.61 bits per heavy atom. The van der Waals surface area contributed by atoms with Gasteiger partial charge in [-0.05, 0) is 80.0 Å². The summed E-state index contributed by atoms with van der Waals surface area (Å²) in [5.74, 6) is -3.29. The number of nitrogen functional groups attached to an aromatic ring is 1. The zero-order valence-corrected chi connectivity index (χ0v) is 27.5. The Morgan fingerprint density at radius 1 is 0.957 bits per heavy atom. The predicted molar refractivity (Wildman–Crippen MR) is 177 cm³/mol. The van der Waals surface area contributed by atoms with Crippen LogP contribution in [0.2, 0.25) is 0 Å². The van der Waals surface area contributed by atoms with Gasteiger partial charge in [-0.15, -0.1) is 0 Å². The van der Waals surface area contributed by atoms with Crippen molar-refractivity contribution in [1.29, 1.82) is 10.8 Å². The molecule has 0 saturated heterocycles. The number of alkyl halides is 3. The number of carbonyl (C=O) groups excluding carboxylic acids is 2. The molecule has 0 aromatic heterocycles. The fourth-order valence-corrected chi connectivity index (χ4v) is 7.38. The van der Waals surface area contributed by atoms with E-state index in [4.69, 9.17) is 22.3 Å². The van der Waals surface area contributed by atoms with Crippen molar-refractivity contribution in [2.75, 3.05) is 13.1 Å². The summed E-state index contributed by atoms with van der Waals surface area (Å²) in [6.07, 6.45) is 1.78. The highest BCUT2D eigenvalue weighted by atomic mass is 79.9. The Kier molecular flexibility index (Phi) is 12.3. The van der Waals surface area contributed by atoms with E-state index in [1.165, 1.54) is 0 Å². The zero-order valence-electron chi connectivity index (χ0n) is 25.9. The number of hydrogen-bond acceptors (Lipinski definition) is 4. The molecule has 12 heteroatoms. The summed E-state index contributed by atoms with van der Waals surface area (Å²) in [6.45, 7) is -0.000151. The van der Waals surface area contributed by atoms with E-state index in [2.05, 4.69) is 21.2 Å². The van der Waals surface area contributed by atoms with Crippen molar-refractivity contribution in [3.05, 3.63) is 69.7 Å². The number of halogens is 4. The van der Waals surface area contributed by atoms with E-state index in [1.54, 1.807) is 30.3 Å². The number of nitrogens with one attached hydrogen (secondary N) is 3. The molecule has 2 aliphatic rings. The molecule has 0 spiro atoms. The van der Waals surface area contributed by atoms with Crippen LogP contribution in [0.3, 0.4) is 0 Å². The van der Waals surface area contributed by atoms with E-state index in [1.807, 2.05) is 18.2 Å². The summed E-state index contributed by atoms with van der Waals surface area (Å²) in [5.41, 5.74) is 13.4. The lowest BCUT2D eigenvalue weighted by Gasteiger charge is -2.40. The molecule has 4 rings (SSSR count). The Morgan fingerprint density at radius 3 is 2.17 bits per heavy atom. The lowest BCUT2D eigenvalue weighted by molar-refractivity contribution is -0.190. The molecular formula is C34H44BrF3N6O2. The minimum Gasteiger partial charge on any atom is -0.387 e. The first-order valence-electron chi connectivity index (χ1n) is 16.0. The first kappa shape index (κ1) is 35.4. The minimum absolute atomic E-state index is 0.0236. The van der Waals surface area contributed by atoms with Crippen LogP contribution in [-0.4, -0.2) is 53.7 Å². The Hall–Kier alpha value is -3.41. The van der Waals surface area contributed by atoms with Gasteiger partial charge in [-0.1, -0.05) is 71.6 Å². The molecule has 0 bridgehead atoms. The van der Waals surface area contributed by atoms with E-state index in [0.29, 0.717) is 31.4 Å². The van der Waals surface area contributed by atoms with Crippen molar-refractivity contribution in [2.24, 2.45) is 29.2 Å². The topological polar surface area (TPSA) is 149 Å². The number of nitrogens with two attached hydrogens (primary N) is 2. The lowest BCUT2D eigenvalue weighted by atomic mass is 9.80. The average molecular weight is 706 g/mol. The van der Waals surface area contributed by atoms with Crippen LogP contribution in [0.4, 0.5) is 13.2 Å². The predicted octanol–water partition coefficient (Wildman–Crippen LogP) is 6.26. The third-order valence-corrected chi connectivity index (χ3v) is 10.0. The smallest absolute Gasteiger partial charge is 0.387 e. The number of rotatable bonds is 12. The first-order valence-corrected chi connectivity index (χ1v) is 16.8. The maximum absolute atomic E-state index is 14.3. The number of amidine groups is 2. The van der Waals surface area contributed by atoms with Crippen LogP contribution in [0.5, 0.6) is 0 Å². The van der Waals surface area contributed by atoms with Crippen LogP contribution in [0.1, 0.15) is 80.4 Å². The molecule has 46 heavy (non-hydrogen) atoms. The maximum Gasteiger partial charge on any atom is 0.471 e. The second kappa shape index (κ2) is 15.9. The first-order chi connectivity index (χ1) is 21.8. The van der Waals surface area contributed by atoms with Gasteiger partial charge in [0.05, 0.1) is 5.84 Å². The van der Waals surface area contributed by atoms with Crippen molar-refractivity contribution in [2.45, 2.75) is 82.3 Å². The monoisotopic (exact) mass is 704 g/mol. The van der Waals surface area contributed by atoms with Crippen molar-refractivity contribution in [1.82, 2.24) is 10.2 Å². The molecule has 2 atom stereocenters. The minimum atomic E-state index is -5.16. The Labute approximate surface area is 277 Å². The van der Waals surface area contributed by atoms with Gasteiger partial charge in [0.1, 0.15) is 11.9 Å². The molecule has 2 aromatic rings. The number of amides is 2. The maximum atomic E-state index is 14.3. The molecule has 8 nitrogen and oxygen atoms in total. The van der Waals surface area contributed by atoms with Gasteiger partial charge in [0.15, 0.2) is 0 Å². The Bertz CT molecular complexity index is 1370. The van der Waals surface area contributed by atoms with E-state index in [0.717, 1.165) is 65.4 Å². The molecule has 0 heterocycles. The van der Waals surface area contributed by atoms with E-state index in [9.17, 15) is 22.8 Å². The summed E-state index contributed by atoms with van der Waals surface area (Å²) < 4.78 is 43.8. The van der Waals surface area contributed by atoms with Gasteiger partial charge < -0.3 is 21.7 Å². The van der Waals surface area contributed by atoms with Gasteiger partial charge in [-0.2, -0.15) is 13.2 Å². The van der Waals surface area contributed by atoms with Crippen molar-refractivity contribution in [3.63, 3.8) is 0 Å². The SMILES string of the molecule is N=C(N)c1ccc(CC(CN(C(=O)C(F)(F)F)C(C(=O)NCC2CCC(C(=N)N)CC2)C2CCCCC2)c2cccc(Br)c2)cc1. The third kappa shape index (κ3) is 9.56. The fraction of sp³-hybridized carbons (Fsp3) is 0.529. The molecule has 2 aliphatic carbocycles. The molecule has 2 unspecified atom stereocenters. The van der Waals surface area contributed by atoms with Gasteiger partial charge >= 0.3 is 12.1 Å². The van der Waals surface area contributed by atoms with E-state index in [-0.39, 0.29) is 30.1 Å². The summed E-state index contributed by atoms with van der Waals surface area (Å²) in [6, 6.07) is 13.0. The molecule has 0 aliphatic heterocycles. The number of carbonyl (C=O) groups is 2. The number of benzene rings is 2. The quantitative estimate of drug-likeness (QED) is 0.131. The van der Waals surface area contributed by atoms with E-state index < -0.39 is 35.9 Å². The third-order valence-electron chi connectivity index (χ3n) is 9.54. The fourth-order valence-electron chi connectivity index (χ4n) is 6.96. The lowest BCUT2D eigenvalue weighted by Crippen LogP contribution is -2.58. The van der Waals surface area contributed by atoms with Crippen LogP contribution in [0.25, 0.3) is 0 Å². The second-order valence-corrected chi connectivity index (χ2v) is 13.7. The van der Waals surface area contributed by atoms with Crippen LogP contribution in [0, 0.1) is 28.6 Å². The van der Waals surface area contributed by atoms with Crippen LogP contribution in [-0.2, 0) is 16.0 Å². The van der Waals surface area contributed by atoms with Gasteiger partial charge in [-0.3, -0.25) is 20.4 Å². The highest BCUT2D eigenvalue weighted by Gasteiger charge is 2.48. The molecule has 2 amide bonds. The van der Waals surface area contributed by atoms with Crippen LogP contribution in [0.15, 0.2) is 53.0 Å². The zero-order chi connectivity index (χ0) is 33.4. The second-order valence-electron chi connectivity index (χ2n) is 12.8. The highest BCUT2D eigenvalue weighted by Crippen LogP contribution is 2.35. The highest BCUT2D eigenvalue weighted by molar-refractivity contribution is 9.10. The molecule has 2 aromatic carbocycles. The number of nitrogens with zero attached hydrogens (tertiary/aromatic N) is 1. The van der Waals surface area contributed by atoms with Gasteiger partial charge in [-0.25, -0.2) is 0 Å². The summed E-state index contributed by atoms with van der Waals surface area (Å²) in [7, 11) is 0. The largest absolute Gasteiger partial charge is 0.471 e. The van der Waals surface area contributed by atoms with Crippen molar-refractivity contribution >= 4 is 39.4 Å². The molecule has 0 radical (unpaired) electrons. The standard InChI is InChI=1S/C34H44BrF3N6O2/c35-28-8-4-7-26(18-28)27(17-21-9-13-24(14-10-21)30(39)40)20-44(33(46)34(36,37)38)29(23-5-2-1-3-6-23)32(45)43-19-22-11-15-25(16-12-22)31(41)42/h4,7-10,13-14,18,22-23,25,27,29H,1-3,5-6,11-12,15-17,19-20H2,(H3,39,40)(H3,41,42)(H,43,45). The molecular weight excluding hydrogens is 661 g/mol. The molecule has 250 valence electrons. The van der Waals surface area contributed by atoms with Gasteiger partial charge in [0.25, 0.3) is 0 Å². The molecule has 2 saturated carbocycles. The molecule has 7 N–H and O–H groups in total. The van der Waals surface area contributed by atoms with Crippen LogP contribution < -0.4 is 16.8 Å². The average Bonchev–Trinajstić information content (AvgIpc) is 3.03. The Balaban J connectivity index is 1.65.